The quantitative estimate of drug-likeness (QED) is 0.881. The van der Waals surface area contributed by atoms with Crippen LogP contribution >= 0.6 is 0 Å². The Morgan fingerprint density at radius 2 is 2.37 bits per heavy atom. The molecule has 1 aliphatic heterocycles. The molecule has 19 heavy (non-hydrogen) atoms. The van der Waals surface area contributed by atoms with Crippen molar-refractivity contribution in [1.82, 2.24) is 4.90 Å². The van der Waals surface area contributed by atoms with Gasteiger partial charge in [-0.25, -0.2) is 0 Å². The van der Waals surface area contributed by atoms with Crippen LogP contribution in [0.25, 0.3) is 0 Å². The van der Waals surface area contributed by atoms with Crippen molar-refractivity contribution >= 4 is 5.91 Å². The molecule has 100 valence electrons. The van der Waals surface area contributed by atoms with Gasteiger partial charge in [0.25, 0.3) is 5.91 Å². The van der Waals surface area contributed by atoms with Crippen molar-refractivity contribution in [3.05, 3.63) is 35.4 Å². The van der Waals surface area contributed by atoms with Gasteiger partial charge in [0.1, 0.15) is 0 Å². The van der Waals surface area contributed by atoms with Crippen molar-refractivity contribution in [2.45, 2.75) is 31.8 Å². The van der Waals surface area contributed by atoms with Crippen molar-refractivity contribution in [1.29, 1.82) is 5.26 Å². The normalized spacial score (nSPS) is 22.9. The topological polar surface area (TPSA) is 64.3 Å². The van der Waals surface area contributed by atoms with E-state index in [0.29, 0.717) is 30.6 Å². The SMILES string of the molecule is CCC1(O)CCCN(C(=O)c2cccc(C#N)c2)C1. The zero-order valence-electron chi connectivity index (χ0n) is 11.1. The predicted octanol–water partition coefficient (Wildman–Crippen LogP) is 1.94. The summed E-state index contributed by atoms with van der Waals surface area (Å²) in [4.78, 5) is 14.1. The first kappa shape index (κ1) is 13.6. The number of carbonyl (C=O) groups is 1. The van der Waals surface area contributed by atoms with Crippen LogP contribution in [0.15, 0.2) is 24.3 Å². The lowest BCUT2D eigenvalue weighted by molar-refractivity contribution is -0.0270. The number of amides is 1. The summed E-state index contributed by atoms with van der Waals surface area (Å²) in [5, 5.41) is 19.2. The van der Waals surface area contributed by atoms with Gasteiger partial charge in [-0.1, -0.05) is 13.0 Å². The van der Waals surface area contributed by atoms with E-state index in [4.69, 9.17) is 5.26 Å². The monoisotopic (exact) mass is 258 g/mol. The second-order valence-corrected chi connectivity index (χ2v) is 5.10. The summed E-state index contributed by atoms with van der Waals surface area (Å²) in [6.07, 6.45) is 2.20. The standard InChI is InChI=1S/C15H18N2O2/c1-2-15(19)7-4-8-17(11-15)14(18)13-6-3-5-12(9-13)10-16/h3,5-6,9,19H,2,4,7-8,11H2,1H3. The Kier molecular flexibility index (Phi) is 3.87. The molecule has 2 rings (SSSR count). The van der Waals surface area contributed by atoms with Crippen molar-refractivity contribution in [2.24, 2.45) is 0 Å². The van der Waals surface area contributed by atoms with Crippen LogP contribution in [0.4, 0.5) is 0 Å². The number of benzene rings is 1. The summed E-state index contributed by atoms with van der Waals surface area (Å²) in [6, 6.07) is 8.73. The lowest BCUT2D eigenvalue weighted by atomic mass is 9.90. The average Bonchev–Trinajstić information content (AvgIpc) is 2.46. The molecule has 1 aromatic carbocycles. The molecule has 0 bridgehead atoms. The van der Waals surface area contributed by atoms with Gasteiger partial charge in [0, 0.05) is 18.7 Å². The Morgan fingerprint density at radius 1 is 1.58 bits per heavy atom. The van der Waals surface area contributed by atoms with E-state index in [1.807, 2.05) is 13.0 Å². The lowest BCUT2D eigenvalue weighted by Gasteiger charge is -2.38. The fourth-order valence-electron chi connectivity index (χ4n) is 2.48. The summed E-state index contributed by atoms with van der Waals surface area (Å²) in [5.41, 5.74) is 0.230. The third-order valence-corrected chi connectivity index (χ3v) is 3.74. The van der Waals surface area contributed by atoms with Crippen LogP contribution in [0.5, 0.6) is 0 Å². The number of aliphatic hydroxyl groups is 1. The highest BCUT2D eigenvalue weighted by Crippen LogP contribution is 2.25. The minimum atomic E-state index is -0.763. The van der Waals surface area contributed by atoms with E-state index in [1.54, 1.807) is 29.2 Å². The third-order valence-electron chi connectivity index (χ3n) is 3.74. The highest BCUT2D eigenvalue weighted by atomic mass is 16.3. The molecule has 4 heteroatoms. The number of carbonyl (C=O) groups excluding carboxylic acids is 1. The van der Waals surface area contributed by atoms with Gasteiger partial charge in [-0.2, -0.15) is 5.26 Å². The zero-order valence-corrected chi connectivity index (χ0v) is 11.1. The molecule has 0 aliphatic carbocycles. The van der Waals surface area contributed by atoms with E-state index in [2.05, 4.69) is 0 Å². The van der Waals surface area contributed by atoms with Gasteiger partial charge < -0.3 is 10.0 Å². The van der Waals surface area contributed by atoms with Crippen LogP contribution < -0.4 is 0 Å². The van der Waals surface area contributed by atoms with Crippen molar-refractivity contribution in [3.63, 3.8) is 0 Å². The molecule has 1 unspecified atom stereocenters. The van der Waals surface area contributed by atoms with Gasteiger partial charge >= 0.3 is 0 Å². The van der Waals surface area contributed by atoms with Gasteiger partial charge in [0.15, 0.2) is 0 Å². The molecule has 1 N–H and O–H groups in total. The Bertz CT molecular complexity index is 521. The molecule has 1 aliphatic rings. The van der Waals surface area contributed by atoms with E-state index in [9.17, 15) is 9.90 Å². The molecule has 4 nitrogen and oxygen atoms in total. The summed E-state index contributed by atoms with van der Waals surface area (Å²) in [6.45, 7) is 2.97. The molecule has 1 saturated heterocycles. The summed E-state index contributed by atoms with van der Waals surface area (Å²) >= 11 is 0. The second kappa shape index (κ2) is 5.41. The van der Waals surface area contributed by atoms with E-state index >= 15 is 0 Å². The number of hydrogen-bond donors (Lipinski definition) is 1. The van der Waals surface area contributed by atoms with Crippen LogP contribution in [-0.4, -0.2) is 34.6 Å². The fraction of sp³-hybridized carbons (Fsp3) is 0.467. The molecule has 1 heterocycles. The molecule has 1 aromatic rings. The first-order valence-electron chi connectivity index (χ1n) is 6.60. The number of nitrogens with zero attached hydrogens (tertiary/aromatic N) is 2. The zero-order chi connectivity index (χ0) is 13.9. The van der Waals surface area contributed by atoms with E-state index in [1.165, 1.54) is 0 Å². The first-order valence-corrected chi connectivity index (χ1v) is 6.60. The Morgan fingerprint density at radius 3 is 3.05 bits per heavy atom. The van der Waals surface area contributed by atoms with Crippen LogP contribution in [0.3, 0.4) is 0 Å². The van der Waals surface area contributed by atoms with Crippen molar-refractivity contribution < 1.29 is 9.90 Å². The second-order valence-electron chi connectivity index (χ2n) is 5.10. The average molecular weight is 258 g/mol. The molecular formula is C15H18N2O2. The maximum atomic E-state index is 12.4. The minimum Gasteiger partial charge on any atom is -0.388 e. The first-order chi connectivity index (χ1) is 9.08. The van der Waals surface area contributed by atoms with E-state index in [0.717, 1.165) is 12.8 Å². The number of hydrogen-bond acceptors (Lipinski definition) is 3. The van der Waals surface area contributed by atoms with E-state index in [-0.39, 0.29) is 5.91 Å². The Balaban J connectivity index is 2.17. The van der Waals surface area contributed by atoms with Gasteiger partial charge in [-0.3, -0.25) is 4.79 Å². The number of rotatable bonds is 2. The molecule has 1 fully saturated rings. The smallest absolute Gasteiger partial charge is 0.253 e. The molecule has 1 amide bonds. The number of likely N-dealkylation sites (tertiary alicyclic amines) is 1. The fourth-order valence-corrected chi connectivity index (χ4v) is 2.48. The van der Waals surface area contributed by atoms with Gasteiger partial charge in [0.2, 0.25) is 0 Å². The van der Waals surface area contributed by atoms with E-state index < -0.39 is 5.60 Å². The van der Waals surface area contributed by atoms with Gasteiger partial charge in [0.05, 0.1) is 17.2 Å². The van der Waals surface area contributed by atoms with Crippen molar-refractivity contribution in [3.8, 4) is 6.07 Å². The molecule has 1 atom stereocenters. The molecule has 0 aromatic heterocycles. The van der Waals surface area contributed by atoms with Crippen LogP contribution in [0.2, 0.25) is 0 Å². The molecule has 0 saturated carbocycles. The summed E-state index contributed by atoms with van der Waals surface area (Å²) in [5.74, 6) is -0.108. The summed E-state index contributed by atoms with van der Waals surface area (Å²) in [7, 11) is 0. The third kappa shape index (κ3) is 2.94. The van der Waals surface area contributed by atoms with Crippen LogP contribution in [0, 0.1) is 11.3 Å². The van der Waals surface area contributed by atoms with Crippen molar-refractivity contribution in [2.75, 3.05) is 13.1 Å². The summed E-state index contributed by atoms with van der Waals surface area (Å²) < 4.78 is 0. The molecule has 0 spiro atoms. The molecule has 0 radical (unpaired) electrons. The van der Waals surface area contributed by atoms with Gasteiger partial charge in [-0.15, -0.1) is 0 Å². The highest BCUT2D eigenvalue weighted by molar-refractivity contribution is 5.94. The molecular weight excluding hydrogens is 240 g/mol. The van der Waals surface area contributed by atoms with Crippen LogP contribution in [-0.2, 0) is 0 Å². The lowest BCUT2D eigenvalue weighted by Crippen LogP contribution is -2.49. The van der Waals surface area contributed by atoms with Gasteiger partial charge in [-0.05, 0) is 37.5 Å². The largest absolute Gasteiger partial charge is 0.388 e. The maximum Gasteiger partial charge on any atom is 0.253 e. The Hall–Kier alpha value is -1.86. The number of nitriles is 1. The minimum absolute atomic E-state index is 0.108. The predicted molar refractivity (Wildman–Crippen MR) is 71.5 cm³/mol. The number of β-amino-alcohol motifs (C(OH)–C–C–N with tert-alkyl or cyclic N) is 1. The van der Waals surface area contributed by atoms with Crippen LogP contribution in [0.1, 0.15) is 42.1 Å². The highest BCUT2D eigenvalue weighted by Gasteiger charge is 2.33. The number of piperidine rings is 1. The maximum absolute atomic E-state index is 12.4. The Labute approximate surface area is 113 Å².